The summed E-state index contributed by atoms with van der Waals surface area (Å²) in [6, 6.07) is 7.01. The van der Waals surface area contributed by atoms with Crippen LogP contribution in [0.2, 0.25) is 0 Å². The van der Waals surface area contributed by atoms with Gasteiger partial charge in [0.2, 0.25) is 0 Å². The molecule has 1 N–H and O–H groups in total. The first-order valence-electron chi connectivity index (χ1n) is 6.98. The van der Waals surface area contributed by atoms with Crippen molar-refractivity contribution in [3.63, 3.8) is 0 Å². The van der Waals surface area contributed by atoms with Crippen LogP contribution in [-0.4, -0.2) is 44.3 Å². The molecule has 19 heavy (non-hydrogen) atoms. The molecule has 0 amide bonds. The minimum Gasteiger partial charge on any atom is -0.374 e. The number of hydrogen-bond acceptors (Lipinski definition) is 3. The number of rotatable bonds is 5. The van der Waals surface area contributed by atoms with Crippen LogP contribution in [0.15, 0.2) is 24.3 Å². The smallest absolute Gasteiger partial charge is 0.123 e. The second-order valence-corrected chi connectivity index (χ2v) is 5.18. The third-order valence-electron chi connectivity index (χ3n) is 3.59. The van der Waals surface area contributed by atoms with Gasteiger partial charge in [0.15, 0.2) is 0 Å². The van der Waals surface area contributed by atoms with Crippen molar-refractivity contribution in [3.8, 4) is 0 Å². The Labute approximate surface area is 114 Å². The third kappa shape index (κ3) is 4.27. The lowest BCUT2D eigenvalue weighted by atomic mass is 10.0. The van der Waals surface area contributed by atoms with E-state index in [-0.39, 0.29) is 18.0 Å². The number of halogens is 1. The van der Waals surface area contributed by atoms with Crippen molar-refractivity contribution >= 4 is 0 Å². The molecule has 1 aromatic rings. The van der Waals surface area contributed by atoms with Gasteiger partial charge in [0.1, 0.15) is 5.82 Å². The van der Waals surface area contributed by atoms with Gasteiger partial charge in [-0.3, -0.25) is 0 Å². The number of benzene rings is 1. The molecule has 4 heteroatoms. The summed E-state index contributed by atoms with van der Waals surface area (Å²) in [7, 11) is 2.11. The maximum absolute atomic E-state index is 13.3. The molecule has 1 heterocycles. The second-order valence-electron chi connectivity index (χ2n) is 5.18. The zero-order valence-electron chi connectivity index (χ0n) is 11.7. The number of ether oxygens (including phenoxy) is 1. The Morgan fingerprint density at radius 1 is 1.53 bits per heavy atom. The monoisotopic (exact) mass is 266 g/mol. The highest BCUT2D eigenvalue weighted by Crippen LogP contribution is 2.17. The molecular weight excluding hydrogens is 243 g/mol. The van der Waals surface area contributed by atoms with Crippen LogP contribution < -0.4 is 5.32 Å². The topological polar surface area (TPSA) is 24.5 Å². The van der Waals surface area contributed by atoms with E-state index in [2.05, 4.69) is 24.2 Å². The standard InChI is InChI=1S/C15H23FN2O/c1-3-15(12-5-4-6-13(16)9-12)17-10-14-11-18(2)7-8-19-14/h4-6,9,14-15,17H,3,7-8,10-11H2,1-2H3. The normalized spacial score (nSPS) is 22.4. The lowest BCUT2D eigenvalue weighted by Gasteiger charge is -2.31. The minimum absolute atomic E-state index is 0.175. The first-order valence-corrected chi connectivity index (χ1v) is 6.98. The van der Waals surface area contributed by atoms with Crippen molar-refractivity contribution in [2.45, 2.75) is 25.5 Å². The Morgan fingerprint density at radius 3 is 3.05 bits per heavy atom. The molecule has 1 saturated heterocycles. The molecule has 2 rings (SSSR count). The number of morpholine rings is 1. The Kier molecular flexibility index (Phi) is 5.31. The van der Waals surface area contributed by atoms with E-state index < -0.39 is 0 Å². The van der Waals surface area contributed by atoms with Crippen LogP contribution in [0.25, 0.3) is 0 Å². The summed E-state index contributed by atoms with van der Waals surface area (Å²) < 4.78 is 19.0. The van der Waals surface area contributed by atoms with Gasteiger partial charge in [-0.25, -0.2) is 4.39 Å². The molecule has 2 atom stereocenters. The van der Waals surface area contributed by atoms with Crippen molar-refractivity contribution in [1.29, 1.82) is 0 Å². The lowest BCUT2D eigenvalue weighted by molar-refractivity contribution is -0.0193. The summed E-state index contributed by atoms with van der Waals surface area (Å²) in [4.78, 5) is 2.28. The lowest BCUT2D eigenvalue weighted by Crippen LogP contribution is -2.45. The van der Waals surface area contributed by atoms with Crippen LogP contribution >= 0.6 is 0 Å². The molecule has 3 nitrogen and oxygen atoms in total. The van der Waals surface area contributed by atoms with Crippen molar-refractivity contribution < 1.29 is 9.13 Å². The zero-order chi connectivity index (χ0) is 13.7. The predicted molar refractivity (Wildman–Crippen MR) is 74.7 cm³/mol. The number of hydrogen-bond donors (Lipinski definition) is 1. The summed E-state index contributed by atoms with van der Waals surface area (Å²) >= 11 is 0. The number of likely N-dealkylation sites (N-methyl/N-ethyl adjacent to an activating group) is 1. The van der Waals surface area contributed by atoms with Gasteiger partial charge in [-0.2, -0.15) is 0 Å². The van der Waals surface area contributed by atoms with Crippen LogP contribution in [0.4, 0.5) is 4.39 Å². The highest BCUT2D eigenvalue weighted by Gasteiger charge is 2.19. The average Bonchev–Trinajstić information content (AvgIpc) is 2.40. The van der Waals surface area contributed by atoms with Crippen molar-refractivity contribution in [1.82, 2.24) is 10.2 Å². The van der Waals surface area contributed by atoms with Crippen molar-refractivity contribution in [3.05, 3.63) is 35.6 Å². The molecule has 0 spiro atoms. The summed E-state index contributed by atoms with van der Waals surface area (Å²) in [5.74, 6) is -0.175. The van der Waals surface area contributed by atoms with E-state index >= 15 is 0 Å². The molecular formula is C15H23FN2O. The van der Waals surface area contributed by atoms with Crippen molar-refractivity contribution in [2.24, 2.45) is 0 Å². The highest BCUT2D eigenvalue weighted by atomic mass is 19.1. The van der Waals surface area contributed by atoms with E-state index in [1.165, 1.54) is 6.07 Å². The van der Waals surface area contributed by atoms with Gasteiger partial charge in [-0.1, -0.05) is 19.1 Å². The summed E-state index contributed by atoms with van der Waals surface area (Å²) in [5, 5.41) is 3.48. The SMILES string of the molecule is CCC(NCC1CN(C)CCO1)c1cccc(F)c1. The molecule has 1 aliphatic rings. The third-order valence-corrected chi connectivity index (χ3v) is 3.59. The zero-order valence-corrected chi connectivity index (χ0v) is 11.7. The second kappa shape index (κ2) is 6.98. The summed E-state index contributed by atoms with van der Waals surface area (Å²) in [5.41, 5.74) is 1.01. The van der Waals surface area contributed by atoms with Crippen LogP contribution in [-0.2, 0) is 4.74 Å². The van der Waals surface area contributed by atoms with Gasteiger partial charge >= 0.3 is 0 Å². The highest BCUT2D eigenvalue weighted by molar-refractivity contribution is 5.20. The molecule has 0 radical (unpaired) electrons. The fraction of sp³-hybridized carbons (Fsp3) is 0.600. The molecule has 106 valence electrons. The van der Waals surface area contributed by atoms with E-state index in [0.717, 1.165) is 38.2 Å². The molecule has 0 aromatic heterocycles. The van der Waals surface area contributed by atoms with E-state index in [9.17, 15) is 4.39 Å². The van der Waals surface area contributed by atoms with Crippen molar-refractivity contribution in [2.75, 3.05) is 33.3 Å². The van der Waals surface area contributed by atoms with Gasteiger partial charge < -0.3 is 15.0 Å². The maximum atomic E-state index is 13.3. The van der Waals surface area contributed by atoms with E-state index in [1.807, 2.05) is 6.07 Å². The van der Waals surface area contributed by atoms with Gasteiger partial charge in [-0.05, 0) is 31.2 Å². The molecule has 0 aliphatic carbocycles. The number of nitrogens with zero attached hydrogens (tertiary/aromatic N) is 1. The molecule has 1 aliphatic heterocycles. The quantitative estimate of drug-likeness (QED) is 0.884. The number of nitrogens with one attached hydrogen (secondary N) is 1. The van der Waals surface area contributed by atoms with E-state index in [4.69, 9.17) is 4.74 Å². The van der Waals surface area contributed by atoms with Gasteiger partial charge in [0, 0.05) is 25.7 Å². The first-order chi connectivity index (χ1) is 9.19. The summed E-state index contributed by atoms with van der Waals surface area (Å²) in [6.45, 7) is 5.65. The molecule has 0 bridgehead atoms. The fourth-order valence-corrected chi connectivity index (χ4v) is 2.49. The maximum Gasteiger partial charge on any atom is 0.123 e. The van der Waals surface area contributed by atoms with Gasteiger partial charge in [0.25, 0.3) is 0 Å². The van der Waals surface area contributed by atoms with Crippen LogP contribution in [0.1, 0.15) is 24.9 Å². The van der Waals surface area contributed by atoms with Gasteiger partial charge in [-0.15, -0.1) is 0 Å². The van der Waals surface area contributed by atoms with E-state index in [1.54, 1.807) is 12.1 Å². The molecule has 2 unspecified atom stereocenters. The largest absolute Gasteiger partial charge is 0.374 e. The Balaban J connectivity index is 1.89. The van der Waals surface area contributed by atoms with E-state index in [0.29, 0.717) is 0 Å². The molecule has 1 aromatic carbocycles. The van der Waals surface area contributed by atoms with Crippen LogP contribution in [0, 0.1) is 5.82 Å². The van der Waals surface area contributed by atoms with Gasteiger partial charge in [0.05, 0.1) is 12.7 Å². The summed E-state index contributed by atoms with van der Waals surface area (Å²) in [6.07, 6.45) is 1.16. The molecule has 1 fully saturated rings. The minimum atomic E-state index is -0.175. The van der Waals surface area contributed by atoms with Crippen LogP contribution in [0.3, 0.4) is 0 Å². The first kappa shape index (κ1) is 14.4. The average molecular weight is 266 g/mol. The van der Waals surface area contributed by atoms with Crippen LogP contribution in [0.5, 0.6) is 0 Å². The Bertz CT molecular complexity index is 399. The predicted octanol–water partition coefficient (Wildman–Crippen LogP) is 2.20. The molecule has 0 saturated carbocycles. The fourth-order valence-electron chi connectivity index (χ4n) is 2.49. The Morgan fingerprint density at radius 2 is 2.37 bits per heavy atom. The Hall–Kier alpha value is -0.970.